The van der Waals surface area contributed by atoms with Crippen molar-refractivity contribution in [2.45, 2.75) is 27.7 Å². The molecule has 0 radical (unpaired) electrons. The summed E-state index contributed by atoms with van der Waals surface area (Å²) in [5, 5.41) is 0. The summed E-state index contributed by atoms with van der Waals surface area (Å²) in [6.45, 7) is 10.2. The van der Waals surface area contributed by atoms with Crippen LogP contribution in [0.25, 0.3) is 0 Å². The molecule has 0 spiro atoms. The van der Waals surface area contributed by atoms with Crippen molar-refractivity contribution < 1.29 is 9.53 Å². The number of aromatic nitrogens is 2. The van der Waals surface area contributed by atoms with Crippen molar-refractivity contribution >= 4 is 11.8 Å². The number of methoxy groups -OCH3 is 1. The van der Waals surface area contributed by atoms with Crippen molar-refractivity contribution in [2.24, 2.45) is 11.1 Å². The lowest BCUT2D eigenvalue weighted by Crippen LogP contribution is -2.39. The van der Waals surface area contributed by atoms with E-state index in [0.717, 1.165) is 24.6 Å². The summed E-state index contributed by atoms with van der Waals surface area (Å²) >= 11 is 0. The summed E-state index contributed by atoms with van der Waals surface area (Å²) in [6.07, 6.45) is 0. The Morgan fingerprint density at radius 3 is 2.60 bits per heavy atom. The van der Waals surface area contributed by atoms with Crippen LogP contribution in [0.2, 0.25) is 0 Å². The molecule has 0 unspecified atom stereocenters. The molecule has 0 aliphatic heterocycles. The maximum atomic E-state index is 11.6. The van der Waals surface area contributed by atoms with Gasteiger partial charge in [0.05, 0.1) is 7.11 Å². The van der Waals surface area contributed by atoms with Gasteiger partial charge in [0.2, 0.25) is 5.82 Å². The second kappa shape index (κ2) is 6.65. The van der Waals surface area contributed by atoms with Crippen LogP contribution in [-0.2, 0) is 4.74 Å². The number of nitrogens with zero attached hydrogens (tertiary/aromatic N) is 3. The summed E-state index contributed by atoms with van der Waals surface area (Å²) in [7, 11) is 1.32. The largest absolute Gasteiger partial charge is 0.463 e. The van der Waals surface area contributed by atoms with Crippen LogP contribution in [0.4, 0.5) is 5.82 Å². The van der Waals surface area contributed by atoms with Gasteiger partial charge in [0.15, 0.2) is 0 Å². The zero-order valence-electron chi connectivity index (χ0n) is 12.9. The maximum Gasteiger partial charge on any atom is 0.376 e. The van der Waals surface area contributed by atoms with Gasteiger partial charge in [-0.25, -0.2) is 14.8 Å². The van der Waals surface area contributed by atoms with E-state index in [-0.39, 0.29) is 11.2 Å². The van der Waals surface area contributed by atoms with Gasteiger partial charge in [-0.1, -0.05) is 13.8 Å². The van der Waals surface area contributed by atoms with Crippen LogP contribution in [-0.4, -0.2) is 42.7 Å². The number of carbonyl (C=O) groups is 1. The fraction of sp³-hybridized carbons (Fsp3) is 0.643. The highest BCUT2D eigenvalue weighted by Crippen LogP contribution is 2.20. The van der Waals surface area contributed by atoms with Gasteiger partial charge < -0.3 is 15.4 Å². The summed E-state index contributed by atoms with van der Waals surface area (Å²) in [6, 6.07) is 1.86. The molecule has 0 amide bonds. The predicted octanol–water partition coefficient (Wildman–Crippen LogP) is 1.38. The average molecular weight is 280 g/mol. The molecular formula is C14H24N4O2. The van der Waals surface area contributed by atoms with Crippen molar-refractivity contribution in [1.82, 2.24) is 9.97 Å². The van der Waals surface area contributed by atoms with Crippen molar-refractivity contribution in [3.05, 3.63) is 17.6 Å². The third kappa shape index (κ3) is 4.16. The van der Waals surface area contributed by atoms with E-state index in [2.05, 4.69) is 33.5 Å². The Labute approximate surface area is 120 Å². The Morgan fingerprint density at radius 1 is 1.45 bits per heavy atom. The number of ether oxygens (including phenoxy) is 1. The van der Waals surface area contributed by atoms with Crippen molar-refractivity contribution in [3.63, 3.8) is 0 Å². The number of hydrogen-bond acceptors (Lipinski definition) is 6. The lowest BCUT2D eigenvalue weighted by molar-refractivity contribution is 0.0586. The zero-order chi connectivity index (χ0) is 15.3. The predicted molar refractivity (Wildman–Crippen MR) is 78.8 cm³/mol. The SMILES string of the molecule is CCN(CC(C)(C)CN)c1cc(C)nc(C(=O)OC)n1. The molecule has 0 fully saturated rings. The normalized spacial score (nSPS) is 11.3. The van der Waals surface area contributed by atoms with E-state index >= 15 is 0 Å². The number of aryl methyl sites for hydroxylation is 1. The Hall–Kier alpha value is -1.69. The smallest absolute Gasteiger partial charge is 0.376 e. The summed E-state index contributed by atoms with van der Waals surface area (Å²) in [5.41, 5.74) is 6.49. The minimum absolute atomic E-state index is 0.0275. The second-order valence-electron chi connectivity index (χ2n) is 5.57. The lowest BCUT2D eigenvalue weighted by Gasteiger charge is -2.32. The van der Waals surface area contributed by atoms with Gasteiger partial charge in [-0.15, -0.1) is 0 Å². The molecular weight excluding hydrogens is 256 g/mol. The van der Waals surface area contributed by atoms with E-state index in [1.165, 1.54) is 7.11 Å². The molecule has 0 aromatic carbocycles. The first-order valence-corrected chi connectivity index (χ1v) is 6.72. The molecule has 1 rings (SSSR count). The van der Waals surface area contributed by atoms with Crippen LogP contribution >= 0.6 is 0 Å². The molecule has 0 atom stereocenters. The topological polar surface area (TPSA) is 81.3 Å². The van der Waals surface area contributed by atoms with Crippen molar-refractivity contribution in [2.75, 3.05) is 31.6 Å². The number of rotatable bonds is 6. The second-order valence-corrected chi connectivity index (χ2v) is 5.57. The summed E-state index contributed by atoms with van der Waals surface area (Å²) < 4.78 is 4.68. The standard InChI is InChI=1S/C14H24N4O2/c1-6-18(9-14(3,4)8-15)11-7-10(2)16-12(17-11)13(19)20-5/h7H,6,8-9,15H2,1-5H3. The minimum atomic E-state index is -0.524. The molecule has 1 aromatic rings. The Bertz CT molecular complexity index is 474. The zero-order valence-corrected chi connectivity index (χ0v) is 12.9. The van der Waals surface area contributed by atoms with Gasteiger partial charge in [0, 0.05) is 24.8 Å². The highest BCUT2D eigenvalue weighted by molar-refractivity contribution is 5.85. The van der Waals surface area contributed by atoms with Gasteiger partial charge in [0.1, 0.15) is 5.82 Å². The number of anilines is 1. The molecule has 0 bridgehead atoms. The monoisotopic (exact) mass is 280 g/mol. The van der Waals surface area contributed by atoms with Crippen LogP contribution in [0.3, 0.4) is 0 Å². The van der Waals surface area contributed by atoms with Crippen LogP contribution in [0.5, 0.6) is 0 Å². The molecule has 112 valence electrons. The van der Waals surface area contributed by atoms with Crippen LogP contribution in [0.15, 0.2) is 6.07 Å². The van der Waals surface area contributed by atoms with E-state index in [1.807, 2.05) is 19.9 Å². The number of nitrogens with two attached hydrogens (primary N) is 1. The van der Waals surface area contributed by atoms with Crippen LogP contribution in [0.1, 0.15) is 37.1 Å². The van der Waals surface area contributed by atoms with Gasteiger partial charge >= 0.3 is 5.97 Å². The van der Waals surface area contributed by atoms with Gasteiger partial charge in [-0.2, -0.15) is 0 Å². The van der Waals surface area contributed by atoms with E-state index in [0.29, 0.717) is 6.54 Å². The van der Waals surface area contributed by atoms with Gasteiger partial charge in [-0.3, -0.25) is 0 Å². The molecule has 0 aliphatic rings. The number of hydrogen-bond donors (Lipinski definition) is 1. The highest BCUT2D eigenvalue weighted by atomic mass is 16.5. The maximum absolute atomic E-state index is 11.6. The Balaban J connectivity index is 3.09. The van der Waals surface area contributed by atoms with E-state index < -0.39 is 5.97 Å². The summed E-state index contributed by atoms with van der Waals surface area (Å²) in [4.78, 5) is 22.1. The quantitative estimate of drug-likeness (QED) is 0.793. The Morgan fingerprint density at radius 2 is 2.10 bits per heavy atom. The molecule has 2 N–H and O–H groups in total. The Kier molecular flexibility index (Phi) is 5.44. The van der Waals surface area contributed by atoms with E-state index in [1.54, 1.807) is 0 Å². The molecule has 20 heavy (non-hydrogen) atoms. The van der Waals surface area contributed by atoms with Crippen LogP contribution < -0.4 is 10.6 Å². The molecule has 6 nitrogen and oxygen atoms in total. The van der Waals surface area contributed by atoms with Crippen LogP contribution in [0, 0.1) is 12.3 Å². The first-order chi connectivity index (χ1) is 9.32. The number of esters is 1. The third-order valence-electron chi connectivity index (χ3n) is 3.09. The first kappa shape index (κ1) is 16.4. The van der Waals surface area contributed by atoms with E-state index in [9.17, 15) is 4.79 Å². The fourth-order valence-electron chi connectivity index (χ4n) is 1.83. The molecule has 6 heteroatoms. The van der Waals surface area contributed by atoms with Crippen molar-refractivity contribution in [3.8, 4) is 0 Å². The minimum Gasteiger partial charge on any atom is -0.463 e. The average Bonchev–Trinajstić information content (AvgIpc) is 2.43. The molecule has 1 heterocycles. The first-order valence-electron chi connectivity index (χ1n) is 6.72. The summed E-state index contributed by atoms with van der Waals surface area (Å²) in [5.74, 6) is 0.289. The van der Waals surface area contributed by atoms with Gasteiger partial charge in [-0.05, 0) is 25.8 Å². The molecule has 1 aromatic heterocycles. The third-order valence-corrected chi connectivity index (χ3v) is 3.09. The molecule has 0 saturated heterocycles. The van der Waals surface area contributed by atoms with Gasteiger partial charge in [0.25, 0.3) is 0 Å². The number of carbonyl (C=O) groups excluding carboxylic acids is 1. The van der Waals surface area contributed by atoms with Crippen molar-refractivity contribution in [1.29, 1.82) is 0 Å². The molecule has 0 aliphatic carbocycles. The molecule has 0 saturated carbocycles. The van der Waals surface area contributed by atoms with E-state index in [4.69, 9.17) is 5.73 Å². The highest BCUT2D eigenvalue weighted by Gasteiger charge is 2.22. The lowest BCUT2D eigenvalue weighted by atomic mass is 9.93. The fourth-order valence-corrected chi connectivity index (χ4v) is 1.83.